The predicted molar refractivity (Wildman–Crippen MR) is 109 cm³/mol. The SMILES string of the molecule is CCNC(=O)COc1cccc(CNC(=NC)NCc2ccc(Cl)cc2)c1. The second-order valence-corrected chi connectivity index (χ2v) is 6.23. The first-order valence-corrected chi connectivity index (χ1v) is 9.16. The quantitative estimate of drug-likeness (QED) is 0.480. The summed E-state index contributed by atoms with van der Waals surface area (Å²) in [5.74, 6) is 1.22. The van der Waals surface area contributed by atoms with E-state index in [1.165, 1.54) is 0 Å². The molecule has 0 saturated carbocycles. The van der Waals surface area contributed by atoms with E-state index in [1.807, 2.05) is 55.5 Å². The number of nitrogens with one attached hydrogen (secondary N) is 3. The molecule has 0 aromatic heterocycles. The van der Waals surface area contributed by atoms with Crippen LogP contribution in [0.1, 0.15) is 18.1 Å². The van der Waals surface area contributed by atoms with Gasteiger partial charge in [0, 0.05) is 31.7 Å². The molecule has 0 aliphatic carbocycles. The van der Waals surface area contributed by atoms with Gasteiger partial charge in [-0.25, -0.2) is 0 Å². The summed E-state index contributed by atoms with van der Waals surface area (Å²) in [6, 6.07) is 15.3. The van der Waals surface area contributed by atoms with Gasteiger partial charge >= 0.3 is 0 Å². The van der Waals surface area contributed by atoms with Crippen molar-refractivity contribution < 1.29 is 9.53 Å². The van der Waals surface area contributed by atoms with Gasteiger partial charge < -0.3 is 20.7 Å². The maximum atomic E-state index is 11.5. The van der Waals surface area contributed by atoms with Gasteiger partial charge in [-0.05, 0) is 42.3 Å². The number of likely N-dealkylation sites (N-methyl/N-ethyl adjacent to an activating group) is 1. The van der Waals surface area contributed by atoms with Crippen molar-refractivity contribution in [2.75, 3.05) is 20.2 Å². The average molecular weight is 389 g/mol. The lowest BCUT2D eigenvalue weighted by Crippen LogP contribution is -2.36. The molecule has 7 heteroatoms. The van der Waals surface area contributed by atoms with Crippen molar-refractivity contribution in [3.63, 3.8) is 0 Å². The maximum Gasteiger partial charge on any atom is 0.257 e. The van der Waals surface area contributed by atoms with Gasteiger partial charge in [-0.2, -0.15) is 0 Å². The highest BCUT2D eigenvalue weighted by Crippen LogP contribution is 2.13. The number of nitrogens with zero attached hydrogens (tertiary/aromatic N) is 1. The number of benzene rings is 2. The second-order valence-electron chi connectivity index (χ2n) is 5.80. The third-order valence-electron chi connectivity index (χ3n) is 3.70. The smallest absolute Gasteiger partial charge is 0.257 e. The van der Waals surface area contributed by atoms with Crippen molar-refractivity contribution in [3.05, 3.63) is 64.7 Å². The van der Waals surface area contributed by atoms with Crippen LogP contribution in [0.5, 0.6) is 5.75 Å². The van der Waals surface area contributed by atoms with E-state index in [0.717, 1.165) is 16.1 Å². The number of carbonyl (C=O) groups is 1. The predicted octanol–water partition coefficient (Wildman–Crippen LogP) is 2.72. The summed E-state index contributed by atoms with van der Waals surface area (Å²) in [5.41, 5.74) is 2.14. The number of hydrogen-bond donors (Lipinski definition) is 3. The van der Waals surface area contributed by atoms with Gasteiger partial charge in [0.05, 0.1) is 0 Å². The molecule has 0 atom stereocenters. The minimum absolute atomic E-state index is 0.00897. The molecule has 0 unspecified atom stereocenters. The molecule has 0 radical (unpaired) electrons. The zero-order valence-electron chi connectivity index (χ0n) is 15.6. The van der Waals surface area contributed by atoms with Gasteiger partial charge in [-0.3, -0.25) is 9.79 Å². The van der Waals surface area contributed by atoms with Crippen LogP contribution in [0, 0.1) is 0 Å². The number of amides is 1. The highest BCUT2D eigenvalue weighted by atomic mass is 35.5. The Hall–Kier alpha value is -2.73. The van der Waals surface area contributed by atoms with Crippen LogP contribution in [0.15, 0.2) is 53.5 Å². The zero-order valence-corrected chi connectivity index (χ0v) is 16.3. The number of rotatable bonds is 8. The van der Waals surface area contributed by atoms with Crippen LogP contribution in [0.25, 0.3) is 0 Å². The maximum absolute atomic E-state index is 11.5. The minimum Gasteiger partial charge on any atom is -0.484 e. The fraction of sp³-hybridized carbons (Fsp3) is 0.300. The summed E-state index contributed by atoms with van der Waals surface area (Å²) in [6.07, 6.45) is 0. The van der Waals surface area contributed by atoms with Crippen molar-refractivity contribution >= 4 is 23.5 Å². The van der Waals surface area contributed by atoms with E-state index in [4.69, 9.17) is 16.3 Å². The highest BCUT2D eigenvalue weighted by molar-refractivity contribution is 6.30. The van der Waals surface area contributed by atoms with Crippen LogP contribution < -0.4 is 20.7 Å². The first-order chi connectivity index (χ1) is 13.1. The van der Waals surface area contributed by atoms with Crippen molar-refractivity contribution in [3.8, 4) is 5.75 Å². The van der Waals surface area contributed by atoms with Crippen molar-refractivity contribution in [2.24, 2.45) is 4.99 Å². The fourth-order valence-corrected chi connectivity index (χ4v) is 2.46. The third kappa shape index (κ3) is 7.58. The van der Waals surface area contributed by atoms with Crippen LogP contribution >= 0.6 is 11.6 Å². The summed E-state index contributed by atoms with van der Waals surface area (Å²) in [5, 5.41) is 9.93. The Bertz CT molecular complexity index is 763. The van der Waals surface area contributed by atoms with Gasteiger partial charge in [0.2, 0.25) is 0 Å². The van der Waals surface area contributed by atoms with E-state index < -0.39 is 0 Å². The largest absolute Gasteiger partial charge is 0.484 e. The van der Waals surface area contributed by atoms with Crippen molar-refractivity contribution in [2.45, 2.75) is 20.0 Å². The molecule has 0 fully saturated rings. The molecule has 0 bridgehead atoms. The molecule has 3 N–H and O–H groups in total. The molecular formula is C20H25ClN4O2. The summed E-state index contributed by atoms with van der Waals surface area (Å²) < 4.78 is 5.51. The average Bonchev–Trinajstić information content (AvgIpc) is 2.68. The minimum atomic E-state index is -0.132. The van der Waals surface area contributed by atoms with Crippen molar-refractivity contribution in [1.82, 2.24) is 16.0 Å². The Morgan fingerprint density at radius 2 is 1.74 bits per heavy atom. The lowest BCUT2D eigenvalue weighted by Gasteiger charge is -2.13. The van der Waals surface area contributed by atoms with E-state index in [0.29, 0.717) is 31.3 Å². The molecule has 1 amide bonds. The molecule has 6 nitrogen and oxygen atoms in total. The Morgan fingerprint density at radius 3 is 2.41 bits per heavy atom. The van der Waals surface area contributed by atoms with E-state index in [2.05, 4.69) is 20.9 Å². The molecule has 2 aromatic carbocycles. The van der Waals surface area contributed by atoms with Gasteiger partial charge in [0.15, 0.2) is 12.6 Å². The number of ether oxygens (including phenoxy) is 1. The highest BCUT2D eigenvalue weighted by Gasteiger charge is 2.03. The molecule has 27 heavy (non-hydrogen) atoms. The summed E-state index contributed by atoms with van der Waals surface area (Å²) in [7, 11) is 1.73. The number of halogens is 1. The lowest BCUT2D eigenvalue weighted by molar-refractivity contribution is -0.122. The Balaban J connectivity index is 1.82. The molecule has 0 aliphatic heterocycles. The Labute approximate surface area is 165 Å². The van der Waals surface area contributed by atoms with E-state index >= 15 is 0 Å². The molecular weight excluding hydrogens is 364 g/mol. The Morgan fingerprint density at radius 1 is 1.04 bits per heavy atom. The number of aliphatic imine (C=N–C) groups is 1. The molecule has 0 saturated heterocycles. The molecule has 144 valence electrons. The van der Waals surface area contributed by atoms with Crippen LogP contribution in [0.4, 0.5) is 0 Å². The van der Waals surface area contributed by atoms with Crippen LogP contribution in [-0.4, -0.2) is 32.1 Å². The molecule has 2 aromatic rings. The fourth-order valence-electron chi connectivity index (χ4n) is 2.34. The molecule has 0 heterocycles. The topological polar surface area (TPSA) is 74.8 Å². The standard InChI is InChI=1S/C20H25ClN4O2/c1-3-23-19(26)14-27-18-6-4-5-16(11-18)13-25-20(22-2)24-12-15-7-9-17(21)10-8-15/h4-11H,3,12-14H2,1-2H3,(H,23,26)(H2,22,24,25). The summed E-state index contributed by atoms with van der Waals surface area (Å²) in [4.78, 5) is 15.7. The van der Waals surface area contributed by atoms with E-state index in [-0.39, 0.29) is 12.5 Å². The van der Waals surface area contributed by atoms with Crippen molar-refractivity contribution in [1.29, 1.82) is 0 Å². The Kier molecular flexibility index (Phi) is 8.45. The first kappa shape index (κ1) is 20.6. The van der Waals surface area contributed by atoms with Gasteiger partial charge in [0.1, 0.15) is 5.75 Å². The molecule has 0 spiro atoms. The van der Waals surface area contributed by atoms with Crippen LogP contribution in [0.2, 0.25) is 5.02 Å². The number of guanidine groups is 1. The van der Waals surface area contributed by atoms with E-state index in [9.17, 15) is 4.79 Å². The summed E-state index contributed by atoms with van der Waals surface area (Å²) >= 11 is 5.90. The van der Waals surface area contributed by atoms with Crippen LogP contribution in [-0.2, 0) is 17.9 Å². The van der Waals surface area contributed by atoms with Gasteiger partial charge in [-0.15, -0.1) is 0 Å². The summed E-state index contributed by atoms with van der Waals surface area (Å²) in [6.45, 7) is 3.70. The zero-order chi connectivity index (χ0) is 19.5. The molecule has 2 rings (SSSR count). The van der Waals surface area contributed by atoms with Crippen LogP contribution in [0.3, 0.4) is 0 Å². The third-order valence-corrected chi connectivity index (χ3v) is 3.95. The lowest BCUT2D eigenvalue weighted by atomic mass is 10.2. The normalized spacial score (nSPS) is 11.0. The molecule has 0 aliphatic rings. The van der Waals surface area contributed by atoms with E-state index in [1.54, 1.807) is 7.05 Å². The van der Waals surface area contributed by atoms with Gasteiger partial charge in [-0.1, -0.05) is 35.9 Å². The first-order valence-electron chi connectivity index (χ1n) is 8.78. The number of hydrogen-bond acceptors (Lipinski definition) is 3. The monoisotopic (exact) mass is 388 g/mol. The van der Waals surface area contributed by atoms with Gasteiger partial charge in [0.25, 0.3) is 5.91 Å². The number of carbonyl (C=O) groups excluding carboxylic acids is 1. The second kappa shape index (κ2) is 11.1.